The van der Waals surface area contributed by atoms with Gasteiger partial charge in [-0.1, -0.05) is 12.1 Å². The normalized spacial score (nSPS) is 10.5. The van der Waals surface area contributed by atoms with Gasteiger partial charge in [0.2, 0.25) is 5.95 Å². The number of anilines is 1. The monoisotopic (exact) mass is 249 g/mol. The number of aryl methyl sites for hydroxylation is 1. The molecule has 2 aromatic heterocycles. The molecule has 1 aromatic carbocycles. The first-order chi connectivity index (χ1) is 9.17. The molecule has 0 amide bonds. The van der Waals surface area contributed by atoms with Crippen molar-refractivity contribution in [2.24, 2.45) is 0 Å². The predicted molar refractivity (Wildman–Crippen MR) is 72.3 cm³/mol. The van der Waals surface area contributed by atoms with Gasteiger partial charge in [0.25, 0.3) is 0 Å². The molecule has 0 saturated heterocycles. The minimum atomic E-state index is 0.252. The van der Waals surface area contributed by atoms with Crippen LogP contribution in [0.15, 0.2) is 36.5 Å². The summed E-state index contributed by atoms with van der Waals surface area (Å²) in [6.45, 7) is 2.00. The second-order valence-corrected chi connectivity index (χ2v) is 4.34. The van der Waals surface area contributed by atoms with Gasteiger partial charge in [-0.25, -0.2) is 4.52 Å². The molecule has 5 nitrogen and oxygen atoms in total. The number of rotatable bonds is 1. The van der Waals surface area contributed by atoms with E-state index in [1.54, 1.807) is 10.6 Å². The van der Waals surface area contributed by atoms with Gasteiger partial charge in [-0.15, -0.1) is 5.10 Å². The van der Waals surface area contributed by atoms with Crippen LogP contribution in [0.5, 0.6) is 0 Å². The van der Waals surface area contributed by atoms with Crippen LogP contribution in [0.2, 0.25) is 0 Å². The van der Waals surface area contributed by atoms with Gasteiger partial charge < -0.3 is 5.73 Å². The molecule has 19 heavy (non-hydrogen) atoms. The van der Waals surface area contributed by atoms with Crippen molar-refractivity contribution < 1.29 is 0 Å². The molecule has 0 aliphatic heterocycles. The molecule has 0 aliphatic carbocycles. The standard InChI is InChI=1S/C14H11N5/c1-9-5-13-17-14(16)18-19(13)8-12(9)11-4-2-3-10(6-11)7-15/h2-6,8H,1H3,(H2,16,18). The molecule has 0 bridgehead atoms. The van der Waals surface area contributed by atoms with E-state index in [9.17, 15) is 0 Å². The van der Waals surface area contributed by atoms with Crippen molar-refractivity contribution in [3.63, 3.8) is 0 Å². The molecule has 5 heteroatoms. The van der Waals surface area contributed by atoms with Crippen molar-refractivity contribution in [3.8, 4) is 17.2 Å². The Balaban J connectivity index is 2.23. The lowest BCUT2D eigenvalue weighted by Crippen LogP contribution is -1.93. The zero-order chi connectivity index (χ0) is 13.4. The predicted octanol–water partition coefficient (Wildman–Crippen LogP) is 2.16. The first kappa shape index (κ1) is 11.2. The minimum Gasteiger partial charge on any atom is -0.366 e. The van der Waals surface area contributed by atoms with Gasteiger partial charge in [0, 0.05) is 11.8 Å². The van der Waals surface area contributed by atoms with E-state index in [1.165, 1.54) is 0 Å². The van der Waals surface area contributed by atoms with Crippen LogP contribution in [0, 0.1) is 18.3 Å². The maximum atomic E-state index is 8.96. The number of nitrogens with zero attached hydrogens (tertiary/aromatic N) is 4. The first-order valence-electron chi connectivity index (χ1n) is 5.80. The zero-order valence-electron chi connectivity index (χ0n) is 10.3. The van der Waals surface area contributed by atoms with Crippen molar-refractivity contribution >= 4 is 11.6 Å². The zero-order valence-corrected chi connectivity index (χ0v) is 10.3. The summed E-state index contributed by atoms with van der Waals surface area (Å²) in [4.78, 5) is 4.12. The highest BCUT2D eigenvalue weighted by Crippen LogP contribution is 2.25. The third-order valence-corrected chi connectivity index (χ3v) is 3.00. The summed E-state index contributed by atoms with van der Waals surface area (Å²) < 4.78 is 1.65. The smallest absolute Gasteiger partial charge is 0.240 e. The molecule has 0 radical (unpaired) electrons. The van der Waals surface area contributed by atoms with Crippen LogP contribution in [0.25, 0.3) is 16.8 Å². The molecule has 3 aromatic rings. The topological polar surface area (TPSA) is 80.0 Å². The van der Waals surface area contributed by atoms with Gasteiger partial charge in [-0.2, -0.15) is 10.2 Å². The molecular weight excluding hydrogens is 238 g/mol. The van der Waals surface area contributed by atoms with Gasteiger partial charge in [0.15, 0.2) is 5.65 Å². The van der Waals surface area contributed by atoms with Crippen molar-refractivity contribution in [1.82, 2.24) is 14.6 Å². The number of nitrogens with two attached hydrogens (primary N) is 1. The Bertz CT molecular complexity index is 810. The SMILES string of the molecule is Cc1cc2nc(N)nn2cc1-c1cccc(C#N)c1. The highest BCUT2D eigenvalue weighted by atomic mass is 15.3. The molecule has 0 aliphatic rings. The summed E-state index contributed by atoms with van der Waals surface area (Å²) in [5.41, 5.74) is 9.99. The summed E-state index contributed by atoms with van der Waals surface area (Å²) in [5.74, 6) is 0.252. The summed E-state index contributed by atoms with van der Waals surface area (Å²) in [6.07, 6.45) is 1.88. The molecular formula is C14H11N5. The molecule has 3 rings (SSSR count). The summed E-state index contributed by atoms with van der Waals surface area (Å²) >= 11 is 0. The van der Waals surface area contributed by atoms with Crippen LogP contribution in [-0.2, 0) is 0 Å². The largest absolute Gasteiger partial charge is 0.366 e. The number of benzene rings is 1. The molecule has 2 N–H and O–H groups in total. The van der Waals surface area contributed by atoms with Crippen molar-refractivity contribution in [2.75, 3.05) is 5.73 Å². The summed E-state index contributed by atoms with van der Waals surface area (Å²) in [6, 6.07) is 11.5. The van der Waals surface area contributed by atoms with E-state index in [2.05, 4.69) is 16.2 Å². The van der Waals surface area contributed by atoms with Crippen LogP contribution < -0.4 is 5.73 Å². The number of aromatic nitrogens is 3. The Morgan fingerprint density at radius 3 is 2.95 bits per heavy atom. The average molecular weight is 249 g/mol. The Morgan fingerprint density at radius 2 is 2.16 bits per heavy atom. The van der Waals surface area contributed by atoms with Gasteiger partial charge in [-0.05, 0) is 36.2 Å². The van der Waals surface area contributed by atoms with Crippen LogP contribution >= 0.6 is 0 Å². The third kappa shape index (κ3) is 1.89. The number of hydrogen-bond donors (Lipinski definition) is 1. The van der Waals surface area contributed by atoms with Crippen molar-refractivity contribution in [2.45, 2.75) is 6.92 Å². The second kappa shape index (κ2) is 4.10. The maximum Gasteiger partial charge on any atom is 0.240 e. The van der Waals surface area contributed by atoms with Crippen LogP contribution in [0.1, 0.15) is 11.1 Å². The fraction of sp³-hybridized carbons (Fsp3) is 0.0714. The highest BCUT2D eigenvalue weighted by molar-refractivity contribution is 5.70. The fourth-order valence-electron chi connectivity index (χ4n) is 2.10. The highest BCUT2D eigenvalue weighted by Gasteiger charge is 2.07. The number of nitrogen functional groups attached to an aromatic ring is 1. The molecule has 92 valence electrons. The molecule has 0 unspecified atom stereocenters. The van der Waals surface area contributed by atoms with E-state index >= 15 is 0 Å². The fourth-order valence-corrected chi connectivity index (χ4v) is 2.10. The van der Waals surface area contributed by atoms with Crippen molar-refractivity contribution in [1.29, 1.82) is 5.26 Å². The molecule has 0 saturated carbocycles. The summed E-state index contributed by atoms with van der Waals surface area (Å²) in [7, 11) is 0. The Morgan fingerprint density at radius 1 is 1.32 bits per heavy atom. The quantitative estimate of drug-likeness (QED) is 0.716. The lowest BCUT2D eigenvalue weighted by atomic mass is 10.0. The van der Waals surface area contributed by atoms with E-state index in [4.69, 9.17) is 11.0 Å². The van der Waals surface area contributed by atoms with E-state index in [0.717, 1.165) is 22.3 Å². The Kier molecular flexibility index (Phi) is 2.43. The third-order valence-electron chi connectivity index (χ3n) is 3.00. The maximum absolute atomic E-state index is 8.96. The van der Waals surface area contributed by atoms with Crippen LogP contribution in [0.4, 0.5) is 5.95 Å². The summed E-state index contributed by atoms with van der Waals surface area (Å²) in [5, 5.41) is 13.1. The van der Waals surface area contributed by atoms with E-state index in [-0.39, 0.29) is 5.95 Å². The van der Waals surface area contributed by atoms with Gasteiger partial charge >= 0.3 is 0 Å². The lowest BCUT2D eigenvalue weighted by molar-refractivity contribution is 0.966. The molecule has 0 atom stereocenters. The number of pyridine rings is 1. The van der Waals surface area contributed by atoms with E-state index in [1.807, 2.05) is 37.4 Å². The first-order valence-corrected chi connectivity index (χ1v) is 5.80. The van der Waals surface area contributed by atoms with Crippen molar-refractivity contribution in [3.05, 3.63) is 47.7 Å². The Labute approximate surface area is 109 Å². The minimum absolute atomic E-state index is 0.252. The van der Waals surface area contributed by atoms with Crippen LogP contribution in [0.3, 0.4) is 0 Å². The Hall–Kier alpha value is -2.87. The number of nitriles is 1. The molecule has 2 heterocycles. The molecule has 0 spiro atoms. The van der Waals surface area contributed by atoms with Gasteiger partial charge in [-0.3, -0.25) is 0 Å². The van der Waals surface area contributed by atoms with Crippen LogP contribution in [-0.4, -0.2) is 14.6 Å². The van der Waals surface area contributed by atoms with Gasteiger partial charge in [0.1, 0.15) is 0 Å². The van der Waals surface area contributed by atoms with Gasteiger partial charge in [0.05, 0.1) is 11.6 Å². The average Bonchev–Trinajstić information content (AvgIpc) is 2.77. The molecule has 0 fully saturated rings. The van der Waals surface area contributed by atoms with E-state index in [0.29, 0.717) is 5.56 Å². The van der Waals surface area contributed by atoms with E-state index < -0.39 is 0 Å². The lowest BCUT2D eigenvalue weighted by Gasteiger charge is -2.06. The second-order valence-electron chi connectivity index (χ2n) is 4.34. The number of hydrogen-bond acceptors (Lipinski definition) is 4. The number of fused-ring (bicyclic) bond motifs is 1.